The SMILES string of the molecule is CCO[C@@H]1C[C@H](CC=O)C(C(=O)OC)=CO1. The van der Waals surface area contributed by atoms with Crippen LogP contribution in [0.15, 0.2) is 11.8 Å². The van der Waals surface area contributed by atoms with Gasteiger partial charge in [0.25, 0.3) is 0 Å². The summed E-state index contributed by atoms with van der Waals surface area (Å²) in [6.45, 7) is 2.39. The van der Waals surface area contributed by atoms with Gasteiger partial charge >= 0.3 is 5.97 Å². The molecule has 0 unspecified atom stereocenters. The molecule has 0 amide bonds. The Balaban J connectivity index is 2.73. The minimum absolute atomic E-state index is 0.185. The van der Waals surface area contributed by atoms with Gasteiger partial charge in [0.05, 0.1) is 18.9 Å². The Kier molecular flexibility index (Phi) is 4.98. The third kappa shape index (κ3) is 3.06. The van der Waals surface area contributed by atoms with E-state index >= 15 is 0 Å². The maximum Gasteiger partial charge on any atom is 0.337 e. The van der Waals surface area contributed by atoms with E-state index in [1.165, 1.54) is 13.4 Å². The molecule has 0 N–H and O–H groups in total. The molecule has 5 nitrogen and oxygen atoms in total. The Bertz CT molecular complexity index is 284. The molecule has 1 aliphatic rings. The van der Waals surface area contributed by atoms with Gasteiger partial charge in [0.15, 0.2) is 6.29 Å². The van der Waals surface area contributed by atoms with Crippen LogP contribution < -0.4 is 0 Å². The molecule has 0 bridgehead atoms. The van der Waals surface area contributed by atoms with Crippen molar-refractivity contribution in [2.45, 2.75) is 26.1 Å². The molecule has 0 aromatic rings. The van der Waals surface area contributed by atoms with E-state index in [1.807, 2.05) is 6.92 Å². The van der Waals surface area contributed by atoms with Crippen LogP contribution in [-0.2, 0) is 23.8 Å². The summed E-state index contributed by atoms with van der Waals surface area (Å²) in [6, 6.07) is 0. The molecule has 5 heteroatoms. The number of ether oxygens (including phenoxy) is 3. The molecule has 1 rings (SSSR count). The van der Waals surface area contributed by atoms with E-state index in [0.29, 0.717) is 18.6 Å². The van der Waals surface area contributed by atoms with Crippen molar-refractivity contribution in [1.29, 1.82) is 0 Å². The van der Waals surface area contributed by atoms with Crippen LogP contribution in [0.1, 0.15) is 19.8 Å². The zero-order chi connectivity index (χ0) is 12.0. The zero-order valence-corrected chi connectivity index (χ0v) is 9.47. The third-order valence-electron chi connectivity index (χ3n) is 2.42. The van der Waals surface area contributed by atoms with Gasteiger partial charge in [-0.3, -0.25) is 0 Å². The van der Waals surface area contributed by atoms with Gasteiger partial charge in [0.2, 0.25) is 0 Å². The summed E-state index contributed by atoms with van der Waals surface area (Å²) in [4.78, 5) is 21.9. The number of hydrogen-bond donors (Lipinski definition) is 0. The van der Waals surface area contributed by atoms with Gasteiger partial charge in [0, 0.05) is 25.4 Å². The van der Waals surface area contributed by atoms with Crippen LogP contribution in [0.4, 0.5) is 0 Å². The van der Waals surface area contributed by atoms with Crippen LogP contribution in [0.5, 0.6) is 0 Å². The molecule has 0 saturated heterocycles. The molecular weight excluding hydrogens is 212 g/mol. The first-order valence-corrected chi connectivity index (χ1v) is 5.22. The molecule has 90 valence electrons. The van der Waals surface area contributed by atoms with E-state index in [4.69, 9.17) is 9.47 Å². The van der Waals surface area contributed by atoms with Gasteiger partial charge in [-0.25, -0.2) is 4.79 Å². The van der Waals surface area contributed by atoms with Crippen LogP contribution in [-0.4, -0.2) is 32.3 Å². The fourth-order valence-corrected chi connectivity index (χ4v) is 1.63. The molecule has 1 aliphatic heterocycles. The molecule has 0 aromatic carbocycles. The predicted octanol–water partition coefficient (Wildman–Crippen LogP) is 1.03. The molecule has 0 radical (unpaired) electrons. The summed E-state index contributed by atoms with van der Waals surface area (Å²) in [5, 5.41) is 0. The van der Waals surface area contributed by atoms with Gasteiger partial charge in [-0.2, -0.15) is 0 Å². The van der Waals surface area contributed by atoms with Crippen LogP contribution in [0.3, 0.4) is 0 Å². The van der Waals surface area contributed by atoms with Gasteiger partial charge in [-0.05, 0) is 6.92 Å². The number of methoxy groups -OCH3 is 1. The molecule has 0 aliphatic carbocycles. The summed E-state index contributed by atoms with van der Waals surface area (Å²) in [5.74, 6) is -0.642. The maximum atomic E-state index is 11.4. The molecule has 0 fully saturated rings. The van der Waals surface area contributed by atoms with Crippen LogP contribution in [0.2, 0.25) is 0 Å². The fraction of sp³-hybridized carbons (Fsp3) is 0.636. The molecule has 0 saturated carbocycles. The van der Waals surface area contributed by atoms with Crippen molar-refractivity contribution in [3.8, 4) is 0 Å². The minimum Gasteiger partial charge on any atom is -0.472 e. The van der Waals surface area contributed by atoms with E-state index in [0.717, 1.165) is 6.29 Å². The number of hydrogen-bond acceptors (Lipinski definition) is 5. The second-order valence-electron chi connectivity index (χ2n) is 3.42. The Labute approximate surface area is 94.4 Å². The van der Waals surface area contributed by atoms with Gasteiger partial charge < -0.3 is 19.0 Å². The normalized spacial score (nSPS) is 24.2. The molecule has 16 heavy (non-hydrogen) atoms. The second kappa shape index (κ2) is 6.27. The van der Waals surface area contributed by atoms with Crippen LogP contribution >= 0.6 is 0 Å². The van der Waals surface area contributed by atoms with Crippen molar-refractivity contribution in [2.24, 2.45) is 5.92 Å². The van der Waals surface area contributed by atoms with E-state index in [-0.39, 0.29) is 18.6 Å². The monoisotopic (exact) mass is 228 g/mol. The number of rotatable bonds is 5. The lowest BCUT2D eigenvalue weighted by molar-refractivity contribution is -0.143. The first-order chi connectivity index (χ1) is 7.72. The molecule has 0 spiro atoms. The highest BCUT2D eigenvalue weighted by atomic mass is 16.7. The topological polar surface area (TPSA) is 61.8 Å². The van der Waals surface area contributed by atoms with Crippen LogP contribution in [0, 0.1) is 5.92 Å². The second-order valence-corrected chi connectivity index (χ2v) is 3.42. The summed E-state index contributed by atoms with van der Waals surface area (Å²) >= 11 is 0. The van der Waals surface area contributed by atoms with E-state index in [9.17, 15) is 9.59 Å². The first-order valence-electron chi connectivity index (χ1n) is 5.22. The molecular formula is C11H16O5. The number of carbonyl (C=O) groups is 2. The largest absolute Gasteiger partial charge is 0.472 e. The Morgan fingerprint density at radius 1 is 1.69 bits per heavy atom. The number of carbonyl (C=O) groups excluding carboxylic acids is 2. The highest BCUT2D eigenvalue weighted by molar-refractivity contribution is 5.89. The molecule has 1 heterocycles. The summed E-state index contributed by atoms with van der Waals surface area (Å²) < 4.78 is 15.1. The van der Waals surface area contributed by atoms with Crippen molar-refractivity contribution in [3.63, 3.8) is 0 Å². The minimum atomic E-state index is -0.457. The average Bonchev–Trinajstić information content (AvgIpc) is 2.29. The van der Waals surface area contributed by atoms with Crippen molar-refractivity contribution in [3.05, 3.63) is 11.8 Å². The maximum absolute atomic E-state index is 11.4. The summed E-state index contributed by atoms with van der Waals surface area (Å²) in [7, 11) is 1.30. The quantitative estimate of drug-likeness (QED) is 0.519. The van der Waals surface area contributed by atoms with Crippen molar-refractivity contribution in [1.82, 2.24) is 0 Å². The lowest BCUT2D eigenvalue weighted by atomic mass is 9.92. The lowest BCUT2D eigenvalue weighted by Gasteiger charge is -2.27. The smallest absolute Gasteiger partial charge is 0.337 e. The number of esters is 1. The highest BCUT2D eigenvalue weighted by Gasteiger charge is 2.30. The lowest BCUT2D eigenvalue weighted by Crippen LogP contribution is -2.28. The summed E-state index contributed by atoms with van der Waals surface area (Å²) in [6.07, 6.45) is 2.50. The van der Waals surface area contributed by atoms with Crippen molar-refractivity contribution < 1.29 is 23.8 Å². The molecule has 0 aromatic heterocycles. The third-order valence-corrected chi connectivity index (χ3v) is 2.42. The first kappa shape index (κ1) is 12.7. The van der Waals surface area contributed by atoms with Crippen molar-refractivity contribution >= 4 is 12.3 Å². The Morgan fingerprint density at radius 3 is 3.00 bits per heavy atom. The van der Waals surface area contributed by atoms with Gasteiger partial charge in [-0.1, -0.05) is 0 Å². The average molecular weight is 228 g/mol. The van der Waals surface area contributed by atoms with Crippen molar-refractivity contribution in [2.75, 3.05) is 13.7 Å². The Morgan fingerprint density at radius 2 is 2.44 bits per heavy atom. The predicted molar refractivity (Wildman–Crippen MR) is 55.4 cm³/mol. The van der Waals surface area contributed by atoms with Gasteiger partial charge in [-0.15, -0.1) is 0 Å². The fourth-order valence-electron chi connectivity index (χ4n) is 1.63. The van der Waals surface area contributed by atoms with E-state index < -0.39 is 5.97 Å². The van der Waals surface area contributed by atoms with Crippen LogP contribution in [0.25, 0.3) is 0 Å². The van der Waals surface area contributed by atoms with E-state index in [2.05, 4.69) is 4.74 Å². The summed E-state index contributed by atoms with van der Waals surface area (Å²) in [5.41, 5.74) is 0.394. The molecule has 2 atom stereocenters. The van der Waals surface area contributed by atoms with Gasteiger partial charge in [0.1, 0.15) is 6.29 Å². The standard InChI is InChI=1S/C11H16O5/c1-3-15-10-6-8(4-5-12)9(7-16-10)11(13)14-2/h5,7-8,10H,3-4,6H2,1-2H3/t8-,10-/m0/s1. The highest BCUT2D eigenvalue weighted by Crippen LogP contribution is 2.28. The number of aldehydes is 1. The van der Waals surface area contributed by atoms with E-state index in [1.54, 1.807) is 0 Å². The Hall–Kier alpha value is -1.36. The zero-order valence-electron chi connectivity index (χ0n) is 9.47.